The molecule has 444 valence electrons. The van der Waals surface area contributed by atoms with Crippen LogP contribution in [0.15, 0.2) is 24.3 Å². The molecule has 5 unspecified atom stereocenters. The Labute approximate surface area is 459 Å². The van der Waals surface area contributed by atoms with Crippen molar-refractivity contribution in [3.63, 3.8) is 0 Å². The van der Waals surface area contributed by atoms with Crippen LogP contribution in [0.4, 0.5) is 0 Å². The highest BCUT2D eigenvalue weighted by Crippen LogP contribution is 2.89. The van der Waals surface area contributed by atoms with Gasteiger partial charge in [-0.05, 0) is 140 Å². The van der Waals surface area contributed by atoms with E-state index in [2.05, 4.69) is 34.6 Å². The monoisotopic (exact) mass is 1120 g/mol. The number of carbonyl (C=O) groups is 1. The molecule has 1 aromatic rings. The summed E-state index contributed by atoms with van der Waals surface area (Å²) in [5.41, 5.74) is -0.986. The maximum absolute atomic E-state index is 12.7. The Kier molecular flexibility index (Phi) is 14.9. The summed E-state index contributed by atoms with van der Waals surface area (Å²) < 4.78 is 60.7. The number of methoxy groups -OCH3 is 1. The highest BCUT2D eigenvalue weighted by Gasteiger charge is 2.84. The quantitative estimate of drug-likeness (QED) is 0.0781. The van der Waals surface area contributed by atoms with Crippen LogP contribution >= 0.6 is 0 Å². The van der Waals surface area contributed by atoms with Crippen molar-refractivity contribution in [1.82, 2.24) is 0 Å². The van der Waals surface area contributed by atoms with Gasteiger partial charge in [0.2, 0.25) is 5.79 Å². The zero-order valence-electron chi connectivity index (χ0n) is 46.3. The number of carbonyl (C=O) groups excluding carboxylic acids is 1. The number of aliphatic hydroxyl groups excluding tert-OH is 9. The third kappa shape index (κ3) is 8.81. The topological polar surface area (TPSA) is 332 Å². The van der Waals surface area contributed by atoms with Crippen molar-refractivity contribution in [3.8, 4) is 11.5 Å². The smallest absolute Gasteiger partial charge is 0.330 e. The molecule has 5 aliphatic carbocycles. The molecule has 22 nitrogen and oxygen atoms in total. The number of aromatic hydroxyl groups is 1. The molecule has 10 fully saturated rings. The minimum atomic E-state index is -1.99. The average molecular weight is 1120 g/mol. The molecule has 22 heteroatoms. The lowest BCUT2D eigenvalue weighted by Gasteiger charge is -2.63. The highest BCUT2D eigenvalue weighted by molar-refractivity contribution is 5.87. The van der Waals surface area contributed by atoms with Crippen LogP contribution in [0, 0.1) is 50.7 Å². The zero-order valence-corrected chi connectivity index (χ0v) is 46.3. The zero-order chi connectivity index (χ0) is 56.9. The highest BCUT2D eigenvalue weighted by atomic mass is 16.8. The summed E-state index contributed by atoms with van der Waals surface area (Å²) in [6.45, 7) is 13.3. The number of benzene rings is 1. The van der Waals surface area contributed by atoms with Gasteiger partial charge in [0.05, 0.1) is 38.1 Å². The minimum Gasteiger partial charge on any atom is -0.504 e. The molecule has 11 N–H and O–H groups in total. The number of hydrogen-bond acceptors (Lipinski definition) is 22. The fraction of sp³-hybridized carbons (Fsp3) is 0.842. The van der Waals surface area contributed by atoms with E-state index in [9.17, 15) is 61.0 Å². The molecule has 0 radical (unpaired) electrons. The van der Waals surface area contributed by atoms with Crippen LogP contribution in [0.5, 0.6) is 11.5 Å². The lowest BCUT2D eigenvalue weighted by Crippen LogP contribution is -2.66. The molecule has 5 heterocycles. The van der Waals surface area contributed by atoms with Crippen LogP contribution in [0.1, 0.15) is 105 Å². The Bertz CT molecular complexity index is 2460. The minimum absolute atomic E-state index is 0.0389. The molecule has 1 aromatic carbocycles. The van der Waals surface area contributed by atoms with Gasteiger partial charge >= 0.3 is 5.97 Å². The third-order valence-corrected chi connectivity index (χ3v) is 22.2. The van der Waals surface area contributed by atoms with Gasteiger partial charge in [0.1, 0.15) is 86.0 Å². The first-order valence-electron chi connectivity index (χ1n) is 28.4. The van der Waals surface area contributed by atoms with Gasteiger partial charge in [-0.3, -0.25) is 0 Å². The molecular weight excluding hydrogens is 1040 g/mol. The molecule has 10 aliphatic rings. The first-order valence-corrected chi connectivity index (χ1v) is 28.4. The van der Waals surface area contributed by atoms with Gasteiger partial charge in [-0.2, -0.15) is 0 Å². The van der Waals surface area contributed by atoms with Crippen molar-refractivity contribution in [2.24, 2.45) is 50.7 Å². The number of ether oxygens (including phenoxy) is 10. The number of hydrogen-bond donors (Lipinski definition) is 11. The van der Waals surface area contributed by atoms with E-state index < -0.39 is 140 Å². The Morgan fingerprint density at radius 2 is 1.42 bits per heavy atom. The predicted octanol–water partition coefficient (Wildman–Crippen LogP) is 0.748. The number of aliphatic hydroxyl groups is 10. The van der Waals surface area contributed by atoms with Gasteiger partial charge in [0.15, 0.2) is 30.4 Å². The molecule has 11 rings (SSSR count). The predicted molar refractivity (Wildman–Crippen MR) is 272 cm³/mol. The molecule has 0 amide bonds. The number of rotatable bonds is 12. The first-order chi connectivity index (χ1) is 37.1. The van der Waals surface area contributed by atoms with E-state index in [0.717, 1.165) is 51.0 Å². The van der Waals surface area contributed by atoms with E-state index >= 15 is 0 Å². The van der Waals surface area contributed by atoms with Gasteiger partial charge in [-0.15, -0.1) is 0 Å². The van der Waals surface area contributed by atoms with Crippen molar-refractivity contribution in [2.75, 3.05) is 26.9 Å². The van der Waals surface area contributed by atoms with E-state index in [1.165, 1.54) is 25.3 Å². The first kappa shape index (κ1) is 58.1. The number of esters is 1. The molecule has 27 atom stereocenters. The second-order valence-electron chi connectivity index (χ2n) is 26.6. The van der Waals surface area contributed by atoms with E-state index in [1.807, 2.05) is 0 Å². The van der Waals surface area contributed by atoms with Crippen molar-refractivity contribution in [3.05, 3.63) is 29.8 Å². The summed E-state index contributed by atoms with van der Waals surface area (Å²) in [6.07, 6.45) is -16.6. The molecule has 0 bridgehead atoms. The lowest BCUT2D eigenvalue weighted by molar-refractivity contribution is -0.392. The second kappa shape index (κ2) is 20.2. The number of phenols is 1. The lowest BCUT2D eigenvalue weighted by atomic mass is 9.41. The van der Waals surface area contributed by atoms with Gasteiger partial charge in [-0.25, -0.2) is 4.79 Å². The summed E-state index contributed by atoms with van der Waals surface area (Å²) >= 11 is 0. The van der Waals surface area contributed by atoms with Crippen LogP contribution in [0.2, 0.25) is 0 Å². The van der Waals surface area contributed by atoms with E-state index in [1.54, 1.807) is 19.9 Å². The second-order valence-corrected chi connectivity index (χ2v) is 26.6. The van der Waals surface area contributed by atoms with E-state index in [4.69, 9.17) is 47.4 Å². The molecule has 0 aromatic heterocycles. The van der Waals surface area contributed by atoms with Gasteiger partial charge in [0, 0.05) is 6.08 Å². The van der Waals surface area contributed by atoms with Crippen molar-refractivity contribution in [2.45, 2.75) is 222 Å². The summed E-state index contributed by atoms with van der Waals surface area (Å²) in [6, 6.07) is 4.43. The van der Waals surface area contributed by atoms with Gasteiger partial charge in [-0.1, -0.05) is 40.7 Å². The van der Waals surface area contributed by atoms with E-state index in [0.29, 0.717) is 17.9 Å². The van der Waals surface area contributed by atoms with Crippen LogP contribution in [0.3, 0.4) is 0 Å². The Balaban J connectivity index is 0.777. The SMILES string of the molecule is COc1ccc(/C=C/C(=O)OC[C@H]2O[C@@H](O[C@H]3[C@H](O[C@@H]4[C@H](O[C@H]5CC[C@]67C[C@]68CC[C@]6(C)C9C(C)C%10OC(C)(C)[C@@H](O)[C@@]%10(O)O[C@H]9C[C@@]6(C)C8CCC7C5(C)C)OC[C@@H](O)[C@@H]4O)O[C@H](CO)[C@@H](O)[C@@H]3O)[C@H](O)[C@@H](O)[C@@H]2O)cc1O. The largest absolute Gasteiger partial charge is 0.504 e. The maximum Gasteiger partial charge on any atom is 0.330 e. The maximum atomic E-state index is 12.7. The molecule has 5 saturated heterocycles. The summed E-state index contributed by atoms with van der Waals surface area (Å²) in [5, 5.41) is 122. The fourth-order valence-electron chi connectivity index (χ4n) is 18.0. The standard InChI is InChI=1S/C57H84O22/c1-25-37-30(78-57(69)46(25)79-52(4,5)50(57)68)20-54(7)34-13-12-33-51(2,3)35(15-16-55(33)24-56(34,55)18-17-53(37,54)6)75-48-44(38(62)28(60)22-72-48)77-49-45(42(66)39(63)31(21-58)73-49)76-47-43(67)41(65)40(64)32(74-47)23-71-36(61)14-10-26-9-11-29(70-8)27(59)19-26/h9-11,14,19,25,28,30-35,37-50,58-60,62-69H,12-13,15-18,20-24H2,1-8H3/b14-10+/t25?,28-,30+,31-,32-,33?,34?,35+,37?,38+,39-,40-,41+,42+,43-,44+,45-,46?,47+,48+,49+,50-,53-,54+,55-,56+,57+/m1/s1. The summed E-state index contributed by atoms with van der Waals surface area (Å²) in [4.78, 5) is 12.7. The van der Waals surface area contributed by atoms with Crippen molar-refractivity contribution < 1.29 is 108 Å². The Hall–Kier alpha value is -2.69. The fourth-order valence-corrected chi connectivity index (χ4v) is 18.0. The van der Waals surface area contributed by atoms with E-state index in [-0.39, 0.29) is 63.6 Å². The molecular formula is C57H84O22. The molecule has 5 aliphatic heterocycles. The average Bonchev–Trinajstić information content (AvgIpc) is 1.64. The summed E-state index contributed by atoms with van der Waals surface area (Å²) in [7, 11) is 1.39. The molecule has 2 spiro atoms. The number of phenolic OH excluding ortho intramolecular Hbond substituents is 1. The molecule has 5 saturated carbocycles. The van der Waals surface area contributed by atoms with Crippen LogP contribution in [-0.4, -0.2) is 211 Å². The van der Waals surface area contributed by atoms with Gasteiger partial charge in [0.25, 0.3) is 0 Å². The molecule has 79 heavy (non-hydrogen) atoms. The van der Waals surface area contributed by atoms with Crippen molar-refractivity contribution in [1.29, 1.82) is 0 Å². The number of fused-ring (bicyclic) bond motifs is 5. The summed E-state index contributed by atoms with van der Waals surface area (Å²) in [5.74, 6) is -1.85. The Morgan fingerprint density at radius 3 is 2.13 bits per heavy atom. The van der Waals surface area contributed by atoms with Crippen LogP contribution in [-0.2, 0) is 47.4 Å². The third-order valence-electron chi connectivity index (χ3n) is 22.2. The van der Waals surface area contributed by atoms with Crippen molar-refractivity contribution >= 4 is 12.0 Å². The normalized spacial score (nSPS) is 52.2. The van der Waals surface area contributed by atoms with Crippen LogP contribution in [0.25, 0.3) is 6.08 Å². The Morgan fingerprint density at radius 1 is 0.747 bits per heavy atom. The van der Waals surface area contributed by atoms with Crippen LogP contribution < -0.4 is 4.74 Å². The van der Waals surface area contributed by atoms with Gasteiger partial charge < -0.3 is 104 Å².